The number of hydrogen-bond donors (Lipinski definition) is 1. The number of ether oxygens (including phenoxy) is 4. The summed E-state index contributed by atoms with van der Waals surface area (Å²) < 4.78 is 21.9. The lowest BCUT2D eigenvalue weighted by Gasteiger charge is -2.43. The van der Waals surface area contributed by atoms with E-state index in [9.17, 15) is 19.5 Å². The van der Waals surface area contributed by atoms with Crippen LogP contribution in [0.5, 0.6) is 0 Å². The highest BCUT2D eigenvalue weighted by molar-refractivity contribution is 5.72. The van der Waals surface area contributed by atoms with Crippen LogP contribution in [-0.2, 0) is 33.3 Å². The molecule has 5 atom stereocenters. The van der Waals surface area contributed by atoms with E-state index >= 15 is 0 Å². The third kappa shape index (κ3) is 5.95. The summed E-state index contributed by atoms with van der Waals surface area (Å²) in [6.07, 6.45) is -0.742. The lowest BCUT2D eigenvalue weighted by atomic mass is 9.81. The van der Waals surface area contributed by atoms with E-state index in [2.05, 4.69) is 0 Å². The van der Waals surface area contributed by atoms with Gasteiger partial charge in [-0.25, -0.2) is 0 Å². The number of carbonyl (C=O) groups excluding carboxylic acids is 2. The Balaban J connectivity index is 3.14. The van der Waals surface area contributed by atoms with Crippen molar-refractivity contribution in [1.82, 2.24) is 0 Å². The average molecular weight is 374 g/mol. The Morgan fingerprint density at radius 3 is 2.12 bits per heavy atom. The zero-order chi connectivity index (χ0) is 19.7. The maximum atomic E-state index is 12.1. The standard InChI is InChI=1S/C18H30O8/c1-5-8-13(19)25-12-10-24-18(23-4)15(11(7-3)17(21)22)16(12)26-14(20)9-6-2/h11-12,15-16,18H,5-10H2,1-4H3,(H,21,22)/t11-,12-,15+,16+,18?/m1/s1. The van der Waals surface area contributed by atoms with Gasteiger partial charge in [0.15, 0.2) is 12.4 Å². The second kappa shape index (κ2) is 11.1. The summed E-state index contributed by atoms with van der Waals surface area (Å²) in [7, 11) is 1.40. The van der Waals surface area contributed by atoms with Gasteiger partial charge in [0.05, 0.1) is 18.4 Å². The monoisotopic (exact) mass is 374 g/mol. The molecule has 1 aliphatic rings. The van der Waals surface area contributed by atoms with Gasteiger partial charge in [-0.05, 0) is 19.3 Å². The van der Waals surface area contributed by atoms with Gasteiger partial charge in [-0.15, -0.1) is 0 Å². The van der Waals surface area contributed by atoms with Crippen molar-refractivity contribution in [3.8, 4) is 0 Å². The summed E-state index contributed by atoms with van der Waals surface area (Å²) >= 11 is 0. The van der Waals surface area contributed by atoms with Gasteiger partial charge in [0, 0.05) is 20.0 Å². The molecule has 0 spiro atoms. The molecule has 0 aliphatic carbocycles. The Morgan fingerprint density at radius 1 is 1.08 bits per heavy atom. The third-order valence-corrected chi connectivity index (χ3v) is 4.40. The fraction of sp³-hybridized carbons (Fsp3) is 0.833. The summed E-state index contributed by atoms with van der Waals surface area (Å²) in [6.45, 7) is 5.39. The molecular weight excluding hydrogens is 344 g/mol. The second-order valence-corrected chi connectivity index (χ2v) is 6.35. The van der Waals surface area contributed by atoms with Gasteiger partial charge in [0.1, 0.15) is 6.10 Å². The Labute approximate surface area is 154 Å². The molecule has 1 N–H and O–H groups in total. The van der Waals surface area contributed by atoms with Gasteiger partial charge in [-0.2, -0.15) is 0 Å². The first-order valence-corrected chi connectivity index (χ1v) is 9.15. The molecule has 0 saturated carbocycles. The summed E-state index contributed by atoms with van der Waals surface area (Å²) in [4.78, 5) is 35.8. The van der Waals surface area contributed by atoms with Gasteiger partial charge in [0.25, 0.3) is 0 Å². The van der Waals surface area contributed by atoms with Crippen LogP contribution >= 0.6 is 0 Å². The van der Waals surface area contributed by atoms with Crippen molar-refractivity contribution >= 4 is 17.9 Å². The first-order chi connectivity index (χ1) is 12.4. The predicted molar refractivity (Wildman–Crippen MR) is 91.2 cm³/mol. The van der Waals surface area contributed by atoms with E-state index in [1.165, 1.54) is 7.11 Å². The molecule has 1 rings (SSSR count). The molecule has 8 heteroatoms. The highest BCUT2D eigenvalue weighted by Crippen LogP contribution is 2.35. The lowest BCUT2D eigenvalue weighted by Crippen LogP contribution is -2.56. The van der Waals surface area contributed by atoms with E-state index < -0.39 is 48.2 Å². The summed E-state index contributed by atoms with van der Waals surface area (Å²) in [5.74, 6) is -3.59. The van der Waals surface area contributed by atoms with Gasteiger partial charge in [-0.1, -0.05) is 20.8 Å². The predicted octanol–water partition coefficient (Wildman–Crippen LogP) is 2.14. The summed E-state index contributed by atoms with van der Waals surface area (Å²) in [6, 6.07) is 0. The first-order valence-electron chi connectivity index (χ1n) is 9.15. The van der Waals surface area contributed by atoms with Crippen molar-refractivity contribution in [2.75, 3.05) is 13.7 Å². The molecule has 1 unspecified atom stereocenters. The van der Waals surface area contributed by atoms with Crippen molar-refractivity contribution in [1.29, 1.82) is 0 Å². The average Bonchev–Trinajstić information content (AvgIpc) is 2.58. The van der Waals surface area contributed by atoms with E-state index in [1.807, 2.05) is 13.8 Å². The van der Waals surface area contributed by atoms with Crippen LogP contribution in [-0.4, -0.2) is 55.2 Å². The van der Waals surface area contributed by atoms with Crippen molar-refractivity contribution in [2.45, 2.75) is 71.4 Å². The second-order valence-electron chi connectivity index (χ2n) is 6.35. The number of esters is 2. The highest BCUT2D eigenvalue weighted by atomic mass is 16.7. The molecule has 26 heavy (non-hydrogen) atoms. The fourth-order valence-corrected chi connectivity index (χ4v) is 3.16. The molecule has 0 amide bonds. The van der Waals surface area contributed by atoms with Crippen LogP contribution in [0.3, 0.4) is 0 Å². The van der Waals surface area contributed by atoms with Crippen LogP contribution in [0.25, 0.3) is 0 Å². The van der Waals surface area contributed by atoms with Crippen molar-refractivity contribution in [3.63, 3.8) is 0 Å². The lowest BCUT2D eigenvalue weighted by molar-refractivity contribution is -0.263. The van der Waals surface area contributed by atoms with Crippen LogP contribution in [0.1, 0.15) is 52.9 Å². The number of aliphatic carboxylic acids is 1. The molecule has 150 valence electrons. The molecule has 0 aromatic carbocycles. The van der Waals surface area contributed by atoms with Crippen LogP contribution in [0.15, 0.2) is 0 Å². The van der Waals surface area contributed by atoms with Gasteiger partial charge < -0.3 is 24.1 Å². The topological polar surface area (TPSA) is 108 Å². The fourth-order valence-electron chi connectivity index (χ4n) is 3.16. The van der Waals surface area contributed by atoms with Crippen molar-refractivity contribution in [3.05, 3.63) is 0 Å². The zero-order valence-electron chi connectivity index (χ0n) is 15.9. The van der Waals surface area contributed by atoms with Crippen molar-refractivity contribution < 1.29 is 38.4 Å². The maximum Gasteiger partial charge on any atom is 0.307 e. The molecule has 8 nitrogen and oxygen atoms in total. The zero-order valence-corrected chi connectivity index (χ0v) is 15.9. The van der Waals surface area contributed by atoms with Gasteiger partial charge in [0.2, 0.25) is 0 Å². The molecule has 1 aliphatic heterocycles. The molecule has 0 aromatic heterocycles. The van der Waals surface area contributed by atoms with Crippen LogP contribution in [0, 0.1) is 11.8 Å². The van der Waals surface area contributed by atoms with E-state index in [1.54, 1.807) is 6.92 Å². The minimum atomic E-state index is -1.04. The number of rotatable bonds is 10. The minimum absolute atomic E-state index is 0.0232. The van der Waals surface area contributed by atoms with Gasteiger partial charge >= 0.3 is 17.9 Å². The van der Waals surface area contributed by atoms with Crippen LogP contribution in [0.2, 0.25) is 0 Å². The first kappa shape index (κ1) is 22.4. The smallest absolute Gasteiger partial charge is 0.307 e. The number of carboxylic acid groups (broad SMARTS) is 1. The van der Waals surface area contributed by atoms with Gasteiger partial charge in [-0.3, -0.25) is 14.4 Å². The third-order valence-electron chi connectivity index (χ3n) is 4.40. The summed E-state index contributed by atoms with van der Waals surface area (Å²) in [5.41, 5.74) is 0. The molecule has 0 bridgehead atoms. The van der Waals surface area contributed by atoms with E-state index in [0.29, 0.717) is 19.3 Å². The minimum Gasteiger partial charge on any atom is -0.481 e. The highest BCUT2D eigenvalue weighted by Gasteiger charge is 2.50. The Kier molecular flexibility index (Phi) is 9.58. The maximum absolute atomic E-state index is 12.1. The quantitative estimate of drug-likeness (QED) is 0.579. The van der Waals surface area contributed by atoms with E-state index in [-0.39, 0.29) is 19.4 Å². The SMILES string of the molecule is CCCC(=O)O[C@@H]1[C@H]([C@@H](CC)C(=O)O)C(OC)OC[C@H]1OC(=O)CCC. The number of carbonyl (C=O) groups is 3. The Hall–Kier alpha value is -1.67. The molecule has 1 heterocycles. The molecule has 0 aromatic rings. The van der Waals surface area contributed by atoms with Crippen molar-refractivity contribution in [2.24, 2.45) is 11.8 Å². The van der Waals surface area contributed by atoms with Crippen LogP contribution < -0.4 is 0 Å². The largest absolute Gasteiger partial charge is 0.481 e. The number of hydrogen-bond acceptors (Lipinski definition) is 7. The summed E-state index contributed by atoms with van der Waals surface area (Å²) in [5, 5.41) is 9.59. The number of carboxylic acids is 1. The Morgan fingerprint density at radius 2 is 1.65 bits per heavy atom. The number of methoxy groups -OCH3 is 1. The Bertz CT molecular complexity index is 478. The molecule has 1 fully saturated rings. The van der Waals surface area contributed by atoms with E-state index in [4.69, 9.17) is 18.9 Å². The normalized spacial score (nSPS) is 26.8. The molecule has 0 radical (unpaired) electrons. The molecular formula is C18H30O8. The van der Waals surface area contributed by atoms with Crippen LogP contribution in [0.4, 0.5) is 0 Å². The van der Waals surface area contributed by atoms with E-state index in [0.717, 1.165) is 0 Å². The molecule has 1 saturated heterocycles.